The molecule has 8 heteroatoms. The van der Waals surface area contributed by atoms with Gasteiger partial charge in [-0.1, -0.05) is 34.8 Å². The minimum Gasteiger partial charge on any atom is -0.467 e. The lowest BCUT2D eigenvalue weighted by Gasteiger charge is -2.26. The lowest BCUT2D eigenvalue weighted by Crippen LogP contribution is -2.23. The highest BCUT2D eigenvalue weighted by Crippen LogP contribution is 2.40. The molecule has 0 aliphatic carbocycles. The van der Waals surface area contributed by atoms with Crippen molar-refractivity contribution in [3.8, 4) is 5.69 Å². The van der Waals surface area contributed by atoms with Gasteiger partial charge in [-0.05, 0) is 43.2 Å². The quantitative estimate of drug-likeness (QED) is 0.601. The van der Waals surface area contributed by atoms with E-state index in [0.717, 1.165) is 30.8 Å². The van der Waals surface area contributed by atoms with Gasteiger partial charge in [-0.15, -0.1) is 0 Å². The Morgan fingerprint density at radius 2 is 2.00 bits per heavy atom. The van der Waals surface area contributed by atoms with Crippen LogP contribution in [0.25, 0.3) is 5.69 Å². The molecule has 134 valence electrons. The molecule has 1 fully saturated rings. The summed E-state index contributed by atoms with van der Waals surface area (Å²) in [6.45, 7) is 0.884. The van der Waals surface area contributed by atoms with E-state index in [1.807, 2.05) is 18.2 Å². The van der Waals surface area contributed by atoms with Gasteiger partial charge in [-0.3, -0.25) is 4.79 Å². The third-order valence-corrected chi connectivity index (χ3v) is 5.54. The van der Waals surface area contributed by atoms with E-state index in [2.05, 4.69) is 10.00 Å². The van der Waals surface area contributed by atoms with Crippen molar-refractivity contribution in [1.29, 1.82) is 0 Å². The van der Waals surface area contributed by atoms with Crippen LogP contribution in [-0.2, 0) is 0 Å². The van der Waals surface area contributed by atoms with E-state index >= 15 is 0 Å². The average Bonchev–Trinajstić information content (AvgIpc) is 3.31. The van der Waals surface area contributed by atoms with Crippen LogP contribution >= 0.6 is 34.8 Å². The number of hydrogen-bond donors (Lipinski definition) is 0. The van der Waals surface area contributed by atoms with Gasteiger partial charge in [0.1, 0.15) is 10.8 Å². The van der Waals surface area contributed by atoms with Crippen molar-refractivity contribution in [2.24, 2.45) is 0 Å². The van der Waals surface area contributed by atoms with E-state index in [1.165, 1.54) is 10.9 Å². The predicted octanol–water partition coefficient (Wildman–Crippen LogP) is 5.13. The van der Waals surface area contributed by atoms with E-state index in [-0.39, 0.29) is 16.1 Å². The average molecular weight is 411 g/mol. The first-order valence-corrected chi connectivity index (χ1v) is 9.23. The van der Waals surface area contributed by atoms with Gasteiger partial charge in [0.15, 0.2) is 0 Å². The second-order valence-electron chi connectivity index (χ2n) is 6.03. The Morgan fingerprint density at radius 3 is 2.73 bits per heavy atom. The van der Waals surface area contributed by atoms with Crippen LogP contribution in [0.2, 0.25) is 15.1 Å². The number of anilines is 1. The molecule has 0 radical (unpaired) electrons. The van der Waals surface area contributed by atoms with E-state index in [0.29, 0.717) is 10.7 Å². The molecular formula is C18H14Cl3N3O2. The molecule has 0 saturated carbocycles. The van der Waals surface area contributed by atoms with Crippen molar-refractivity contribution in [1.82, 2.24) is 9.78 Å². The molecule has 0 bridgehead atoms. The van der Waals surface area contributed by atoms with Gasteiger partial charge in [-0.25, -0.2) is 0 Å². The van der Waals surface area contributed by atoms with Gasteiger partial charge in [-0.2, -0.15) is 9.78 Å². The monoisotopic (exact) mass is 409 g/mol. The fourth-order valence-corrected chi connectivity index (χ4v) is 3.83. The van der Waals surface area contributed by atoms with Crippen LogP contribution in [-0.4, -0.2) is 16.3 Å². The van der Waals surface area contributed by atoms with E-state index in [1.54, 1.807) is 18.4 Å². The van der Waals surface area contributed by atoms with Gasteiger partial charge >= 0.3 is 0 Å². The van der Waals surface area contributed by atoms with Crippen molar-refractivity contribution >= 4 is 40.5 Å². The van der Waals surface area contributed by atoms with Crippen LogP contribution in [0.1, 0.15) is 24.6 Å². The summed E-state index contributed by atoms with van der Waals surface area (Å²) in [4.78, 5) is 14.5. The molecule has 1 atom stereocenters. The SMILES string of the molecule is O=c1c(Cl)c(Cl)cnn1-c1ccc(N2CCC[C@@H]2c2ccco2)c(Cl)c1. The van der Waals surface area contributed by atoms with Crippen molar-refractivity contribution in [2.45, 2.75) is 18.9 Å². The molecule has 2 aromatic heterocycles. The fourth-order valence-electron chi connectivity index (χ4n) is 3.29. The molecule has 26 heavy (non-hydrogen) atoms. The highest BCUT2D eigenvalue weighted by atomic mass is 35.5. The van der Waals surface area contributed by atoms with E-state index in [4.69, 9.17) is 39.2 Å². The van der Waals surface area contributed by atoms with Crippen LogP contribution in [0.5, 0.6) is 0 Å². The smallest absolute Gasteiger partial charge is 0.291 e. The predicted molar refractivity (Wildman–Crippen MR) is 103 cm³/mol. The minimum atomic E-state index is -0.488. The van der Waals surface area contributed by atoms with Crippen LogP contribution in [0.15, 0.2) is 52.0 Å². The molecule has 3 heterocycles. The maximum Gasteiger partial charge on any atom is 0.291 e. The van der Waals surface area contributed by atoms with Crippen molar-refractivity contribution in [2.75, 3.05) is 11.4 Å². The zero-order valence-corrected chi connectivity index (χ0v) is 15.8. The van der Waals surface area contributed by atoms with Crippen molar-refractivity contribution < 1.29 is 4.42 Å². The number of benzene rings is 1. The maximum absolute atomic E-state index is 12.3. The van der Waals surface area contributed by atoms with Gasteiger partial charge < -0.3 is 9.32 Å². The summed E-state index contributed by atoms with van der Waals surface area (Å²) < 4.78 is 6.75. The first-order chi connectivity index (χ1) is 12.6. The number of hydrogen-bond acceptors (Lipinski definition) is 4. The van der Waals surface area contributed by atoms with Crippen LogP contribution in [0.4, 0.5) is 5.69 Å². The molecular weight excluding hydrogens is 397 g/mol. The molecule has 1 saturated heterocycles. The highest BCUT2D eigenvalue weighted by Gasteiger charge is 2.29. The summed E-state index contributed by atoms with van der Waals surface area (Å²) in [7, 11) is 0. The molecule has 0 amide bonds. The van der Waals surface area contributed by atoms with Gasteiger partial charge in [0.2, 0.25) is 0 Å². The zero-order valence-electron chi connectivity index (χ0n) is 13.5. The van der Waals surface area contributed by atoms with Gasteiger partial charge in [0.05, 0.1) is 39.9 Å². The first kappa shape index (κ1) is 17.5. The molecule has 0 N–H and O–H groups in total. The molecule has 1 aliphatic rings. The second kappa shape index (κ2) is 6.99. The summed E-state index contributed by atoms with van der Waals surface area (Å²) in [5.41, 5.74) is 0.927. The van der Waals surface area contributed by atoms with E-state index < -0.39 is 5.56 Å². The highest BCUT2D eigenvalue weighted by molar-refractivity contribution is 6.41. The Kier molecular flexibility index (Phi) is 4.69. The number of furan rings is 1. The second-order valence-corrected chi connectivity index (χ2v) is 7.22. The van der Waals surface area contributed by atoms with Crippen LogP contribution in [0, 0.1) is 0 Å². The first-order valence-electron chi connectivity index (χ1n) is 8.09. The topological polar surface area (TPSA) is 51.3 Å². The molecule has 3 aromatic rings. The standard InChI is InChI=1S/C18H14Cl3N3O2/c19-12-9-11(24-18(25)17(21)13(20)10-22-24)5-6-14(12)23-7-1-3-15(23)16-4-2-8-26-16/h2,4-6,8-10,15H,1,3,7H2/t15-/m1/s1. The third kappa shape index (κ3) is 3.00. The summed E-state index contributed by atoms with van der Waals surface area (Å²) in [5.74, 6) is 0.921. The molecule has 0 unspecified atom stereocenters. The Labute approximate surface area is 164 Å². The molecule has 1 aromatic carbocycles. The van der Waals surface area contributed by atoms with Crippen molar-refractivity contribution in [3.05, 3.63) is 74.0 Å². The lowest BCUT2D eigenvalue weighted by molar-refractivity contribution is 0.465. The summed E-state index contributed by atoms with van der Waals surface area (Å²) in [6, 6.07) is 9.39. The number of rotatable bonds is 3. The van der Waals surface area contributed by atoms with Crippen LogP contribution < -0.4 is 10.5 Å². The van der Waals surface area contributed by atoms with Crippen LogP contribution in [0.3, 0.4) is 0 Å². The summed E-state index contributed by atoms with van der Waals surface area (Å²) in [6.07, 6.45) is 5.07. The summed E-state index contributed by atoms with van der Waals surface area (Å²) in [5, 5.41) is 4.61. The fraction of sp³-hybridized carbons (Fsp3) is 0.222. The number of aromatic nitrogens is 2. The van der Waals surface area contributed by atoms with E-state index in [9.17, 15) is 4.79 Å². The Morgan fingerprint density at radius 1 is 1.15 bits per heavy atom. The Bertz CT molecular complexity index is 1000. The zero-order chi connectivity index (χ0) is 18.3. The third-order valence-electron chi connectivity index (χ3n) is 4.49. The summed E-state index contributed by atoms with van der Waals surface area (Å²) >= 11 is 18.3. The van der Waals surface area contributed by atoms with Gasteiger partial charge in [0, 0.05) is 6.54 Å². The minimum absolute atomic E-state index is 0.0701. The molecule has 4 rings (SSSR count). The van der Waals surface area contributed by atoms with Crippen molar-refractivity contribution in [3.63, 3.8) is 0 Å². The van der Waals surface area contributed by atoms with Gasteiger partial charge in [0.25, 0.3) is 5.56 Å². The maximum atomic E-state index is 12.3. The number of halogens is 3. The molecule has 0 spiro atoms. The molecule has 5 nitrogen and oxygen atoms in total. The Hall–Kier alpha value is -1.95. The number of nitrogens with zero attached hydrogens (tertiary/aromatic N) is 3. The lowest BCUT2D eigenvalue weighted by atomic mass is 10.1. The largest absolute Gasteiger partial charge is 0.467 e. The normalized spacial score (nSPS) is 17.0. The molecule has 1 aliphatic heterocycles. The Balaban J connectivity index is 1.71.